The van der Waals surface area contributed by atoms with Crippen molar-refractivity contribution in [2.24, 2.45) is 0 Å². The Balaban J connectivity index is 1.76. The summed E-state index contributed by atoms with van der Waals surface area (Å²) in [6.45, 7) is 3.44. The third kappa shape index (κ3) is 4.17. The van der Waals surface area contributed by atoms with Gasteiger partial charge in [-0.1, -0.05) is 29.8 Å². The molecule has 6 heteroatoms. The number of likely N-dealkylation sites (tertiary alicyclic amines) is 1. The fourth-order valence-corrected chi connectivity index (χ4v) is 3.57. The van der Waals surface area contributed by atoms with E-state index in [0.29, 0.717) is 22.0 Å². The molecule has 1 aliphatic rings. The molecule has 1 aliphatic heterocycles. The second kappa shape index (κ2) is 8.06. The molecule has 1 saturated heterocycles. The number of aromatic nitrogens is 1. The van der Waals surface area contributed by atoms with Gasteiger partial charge in [-0.25, -0.2) is 4.98 Å². The van der Waals surface area contributed by atoms with E-state index in [0.717, 1.165) is 25.9 Å². The summed E-state index contributed by atoms with van der Waals surface area (Å²) in [5.41, 5.74) is -0.0280. The van der Waals surface area contributed by atoms with Crippen LogP contribution in [-0.4, -0.2) is 40.5 Å². The fourth-order valence-electron chi connectivity index (χ4n) is 3.24. The minimum atomic E-state index is -1.19. The number of hydrogen-bond acceptors (Lipinski definition) is 4. The van der Waals surface area contributed by atoms with E-state index < -0.39 is 5.60 Å². The van der Waals surface area contributed by atoms with Crippen LogP contribution in [0.1, 0.15) is 42.1 Å². The number of carbonyl (C=O) groups is 1. The summed E-state index contributed by atoms with van der Waals surface area (Å²) in [6, 6.07) is 10.7. The Labute approximate surface area is 159 Å². The normalized spacial score (nSPS) is 16.8. The van der Waals surface area contributed by atoms with Crippen molar-refractivity contribution in [3.63, 3.8) is 0 Å². The highest BCUT2D eigenvalue weighted by Gasteiger charge is 2.27. The summed E-state index contributed by atoms with van der Waals surface area (Å²) in [5.74, 6) is 0.466. The number of rotatable bonds is 5. The Morgan fingerprint density at radius 3 is 2.69 bits per heavy atom. The molecule has 0 spiro atoms. The SMILES string of the molecule is CC(O)(CNc1ncccc1C(=O)N1CCCCC1)c1ccccc1Cl. The maximum absolute atomic E-state index is 12.8. The van der Waals surface area contributed by atoms with E-state index in [2.05, 4.69) is 10.3 Å². The molecular weight excluding hydrogens is 350 g/mol. The van der Waals surface area contributed by atoms with E-state index in [1.54, 1.807) is 37.4 Å². The number of piperidine rings is 1. The molecule has 1 aromatic carbocycles. The smallest absolute Gasteiger partial charge is 0.257 e. The Kier molecular flexibility index (Phi) is 5.79. The third-order valence-corrected chi connectivity index (χ3v) is 5.07. The van der Waals surface area contributed by atoms with Gasteiger partial charge in [0.15, 0.2) is 0 Å². The molecule has 1 atom stereocenters. The fraction of sp³-hybridized carbons (Fsp3) is 0.400. The number of amides is 1. The summed E-state index contributed by atoms with van der Waals surface area (Å²) in [7, 11) is 0. The number of anilines is 1. The standard InChI is InChI=1S/C20H24ClN3O2/c1-20(26,16-9-3-4-10-17(16)21)14-23-18-15(8-7-11-22-18)19(25)24-12-5-2-6-13-24/h3-4,7-11,26H,2,5-6,12-14H2,1H3,(H,22,23). The molecular formula is C20H24ClN3O2. The first-order valence-electron chi connectivity index (χ1n) is 8.94. The van der Waals surface area contributed by atoms with Gasteiger partial charge in [0.05, 0.1) is 5.56 Å². The van der Waals surface area contributed by atoms with Crippen molar-refractivity contribution < 1.29 is 9.90 Å². The summed E-state index contributed by atoms with van der Waals surface area (Å²) >= 11 is 6.21. The minimum Gasteiger partial charge on any atom is -0.384 e. The zero-order chi connectivity index (χ0) is 18.6. The zero-order valence-electron chi connectivity index (χ0n) is 14.9. The number of nitrogens with zero attached hydrogens (tertiary/aromatic N) is 2. The molecule has 3 rings (SSSR count). The van der Waals surface area contributed by atoms with Gasteiger partial charge >= 0.3 is 0 Å². The van der Waals surface area contributed by atoms with E-state index in [1.807, 2.05) is 17.0 Å². The highest BCUT2D eigenvalue weighted by molar-refractivity contribution is 6.31. The number of aliphatic hydroxyl groups is 1. The predicted molar refractivity (Wildman–Crippen MR) is 104 cm³/mol. The Bertz CT molecular complexity index is 773. The quantitative estimate of drug-likeness (QED) is 0.839. The third-order valence-electron chi connectivity index (χ3n) is 4.74. The monoisotopic (exact) mass is 373 g/mol. The minimum absolute atomic E-state index is 0.0160. The molecule has 0 radical (unpaired) electrons. The second-order valence-corrected chi connectivity index (χ2v) is 7.27. The Hall–Kier alpha value is -2.11. The average molecular weight is 374 g/mol. The molecule has 0 bridgehead atoms. The van der Waals surface area contributed by atoms with Gasteiger partial charge in [-0.2, -0.15) is 0 Å². The lowest BCUT2D eigenvalue weighted by Crippen LogP contribution is -2.37. The molecule has 1 fully saturated rings. The zero-order valence-corrected chi connectivity index (χ0v) is 15.7. The van der Waals surface area contributed by atoms with Crippen molar-refractivity contribution in [1.82, 2.24) is 9.88 Å². The van der Waals surface area contributed by atoms with Gasteiger partial charge < -0.3 is 15.3 Å². The lowest BCUT2D eigenvalue weighted by Gasteiger charge is -2.28. The molecule has 1 unspecified atom stereocenters. The number of carbonyl (C=O) groups excluding carboxylic acids is 1. The van der Waals surface area contributed by atoms with Crippen molar-refractivity contribution in [3.8, 4) is 0 Å². The molecule has 2 aromatic rings. The molecule has 2 heterocycles. The molecule has 1 aromatic heterocycles. The molecule has 1 amide bonds. The van der Waals surface area contributed by atoms with Crippen LogP contribution < -0.4 is 5.32 Å². The highest BCUT2D eigenvalue weighted by atomic mass is 35.5. The first-order chi connectivity index (χ1) is 12.5. The van der Waals surface area contributed by atoms with E-state index in [4.69, 9.17) is 11.6 Å². The first kappa shape index (κ1) is 18.7. The van der Waals surface area contributed by atoms with E-state index in [1.165, 1.54) is 6.42 Å². The topological polar surface area (TPSA) is 65.5 Å². The van der Waals surface area contributed by atoms with Crippen LogP contribution in [0.15, 0.2) is 42.6 Å². The first-order valence-corrected chi connectivity index (χ1v) is 9.32. The molecule has 138 valence electrons. The number of benzene rings is 1. The van der Waals surface area contributed by atoms with Crippen LogP contribution >= 0.6 is 11.6 Å². The molecule has 0 aliphatic carbocycles. The summed E-state index contributed by atoms with van der Waals surface area (Å²) in [4.78, 5) is 19.0. The van der Waals surface area contributed by atoms with E-state index in [-0.39, 0.29) is 12.5 Å². The highest BCUT2D eigenvalue weighted by Crippen LogP contribution is 2.28. The lowest BCUT2D eigenvalue weighted by atomic mass is 9.96. The number of halogens is 1. The van der Waals surface area contributed by atoms with Gasteiger partial charge in [0.25, 0.3) is 5.91 Å². The lowest BCUT2D eigenvalue weighted by molar-refractivity contribution is 0.0701. The van der Waals surface area contributed by atoms with Gasteiger partial charge in [0.2, 0.25) is 0 Å². The van der Waals surface area contributed by atoms with E-state index >= 15 is 0 Å². The summed E-state index contributed by atoms with van der Waals surface area (Å²) in [5, 5.41) is 14.5. The Morgan fingerprint density at radius 2 is 1.96 bits per heavy atom. The van der Waals surface area contributed by atoms with Gasteiger partial charge in [0.1, 0.15) is 11.4 Å². The van der Waals surface area contributed by atoms with Crippen LogP contribution in [0.5, 0.6) is 0 Å². The van der Waals surface area contributed by atoms with Crippen LogP contribution in [0.2, 0.25) is 5.02 Å². The van der Waals surface area contributed by atoms with Crippen LogP contribution in [0.25, 0.3) is 0 Å². The van der Waals surface area contributed by atoms with Gasteiger partial charge in [-0.3, -0.25) is 4.79 Å². The maximum Gasteiger partial charge on any atom is 0.257 e. The molecule has 5 nitrogen and oxygen atoms in total. The largest absolute Gasteiger partial charge is 0.384 e. The maximum atomic E-state index is 12.8. The van der Waals surface area contributed by atoms with Crippen molar-refractivity contribution in [2.45, 2.75) is 31.8 Å². The van der Waals surface area contributed by atoms with Crippen molar-refractivity contribution in [1.29, 1.82) is 0 Å². The number of hydrogen-bond donors (Lipinski definition) is 2. The van der Waals surface area contributed by atoms with Crippen molar-refractivity contribution in [3.05, 3.63) is 58.7 Å². The molecule has 0 saturated carbocycles. The summed E-state index contributed by atoms with van der Waals surface area (Å²) < 4.78 is 0. The van der Waals surface area contributed by atoms with Crippen LogP contribution in [0.4, 0.5) is 5.82 Å². The van der Waals surface area contributed by atoms with Crippen molar-refractivity contribution in [2.75, 3.05) is 25.0 Å². The Morgan fingerprint density at radius 1 is 1.23 bits per heavy atom. The van der Waals surface area contributed by atoms with E-state index in [9.17, 15) is 9.90 Å². The summed E-state index contributed by atoms with van der Waals surface area (Å²) in [6.07, 6.45) is 4.88. The number of nitrogens with one attached hydrogen (secondary N) is 1. The van der Waals surface area contributed by atoms with Crippen LogP contribution in [0, 0.1) is 0 Å². The van der Waals surface area contributed by atoms with Gasteiger partial charge in [0, 0.05) is 36.4 Å². The molecule has 26 heavy (non-hydrogen) atoms. The number of pyridine rings is 1. The van der Waals surface area contributed by atoms with Crippen LogP contribution in [-0.2, 0) is 5.60 Å². The second-order valence-electron chi connectivity index (χ2n) is 6.86. The van der Waals surface area contributed by atoms with Crippen molar-refractivity contribution >= 4 is 23.3 Å². The predicted octanol–water partition coefficient (Wildman–Crippen LogP) is 3.68. The van der Waals surface area contributed by atoms with Crippen LogP contribution in [0.3, 0.4) is 0 Å². The average Bonchev–Trinajstić information content (AvgIpc) is 2.67. The molecule has 2 N–H and O–H groups in total. The van der Waals surface area contributed by atoms with Gasteiger partial charge in [-0.15, -0.1) is 0 Å². The van der Waals surface area contributed by atoms with Gasteiger partial charge in [-0.05, 0) is 44.4 Å².